The lowest BCUT2D eigenvalue weighted by Gasteiger charge is -2.40. The van der Waals surface area contributed by atoms with Crippen molar-refractivity contribution in [2.24, 2.45) is 4.99 Å². The van der Waals surface area contributed by atoms with Crippen molar-refractivity contribution < 1.29 is 24.1 Å². The summed E-state index contributed by atoms with van der Waals surface area (Å²) in [4.78, 5) is 6.29. The average Bonchev–Trinajstić information content (AvgIpc) is 2.95. The lowest BCUT2D eigenvalue weighted by atomic mass is 9.95. The fraction of sp³-hybridized carbons (Fsp3) is 0.933. The molecule has 2 aliphatic heterocycles. The van der Waals surface area contributed by atoms with Crippen molar-refractivity contribution in [3.63, 3.8) is 0 Å². The van der Waals surface area contributed by atoms with Crippen LogP contribution in [0, 0.1) is 0 Å². The summed E-state index contributed by atoms with van der Waals surface area (Å²) in [6, 6.07) is -0.458. The Labute approximate surface area is 141 Å². The van der Waals surface area contributed by atoms with Crippen molar-refractivity contribution in [3.05, 3.63) is 0 Å². The van der Waals surface area contributed by atoms with E-state index in [0.717, 1.165) is 18.0 Å². The minimum Gasteiger partial charge on any atom is -0.388 e. The molecule has 0 aromatic carbocycles. The Balaban J connectivity index is 1.87. The highest BCUT2D eigenvalue weighted by atomic mass is 32.2. The van der Waals surface area contributed by atoms with Gasteiger partial charge in [-0.15, -0.1) is 0 Å². The number of hydrogen-bond donors (Lipinski definition) is 2. The van der Waals surface area contributed by atoms with Gasteiger partial charge in [-0.25, -0.2) is 0 Å². The first-order valence-corrected chi connectivity index (χ1v) is 8.94. The smallest absolute Gasteiger partial charge is 0.161 e. The number of nitrogens with zero attached hydrogens (tertiary/aromatic N) is 2. The van der Waals surface area contributed by atoms with Crippen LogP contribution in [0.3, 0.4) is 0 Å². The molecule has 134 valence electrons. The summed E-state index contributed by atoms with van der Waals surface area (Å²) < 4.78 is 23.7. The Morgan fingerprint density at radius 1 is 1.30 bits per heavy atom. The van der Waals surface area contributed by atoms with Gasteiger partial charge in [0.25, 0.3) is 0 Å². The minimum atomic E-state index is -1.04. The van der Waals surface area contributed by atoms with Crippen LogP contribution in [0.2, 0.25) is 0 Å². The van der Waals surface area contributed by atoms with Crippen LogP contribution in [0.25, 0.3) is 0 Å². The van der Waals surface area contributed by atoms with Gasteiger partial charge in [-0.3, -0.25) is 9.38 Å². The second kappa shape index (κ2) is 8.62. The number of aliphatic hydroxyl groups is 2. The third kappa shape index (κ3) is 4.57. The number of halogens is 1. The van der Waals surface area contributed by atoms with Gasteiger partial charge in [-0.1, -0.05) is 11.8 Å². The van der Waals surface area contributed by atoms with Crippen LogP contribution in [0.15, 0.2) is 4.99 Å². The summed E-state index contributed by atoms with van der Waals surface area (Å²) in [5.74, 6) is 0. The predicted molar refractivity (Wildman–Crippen MR) is 88.4 cm³/mol. The first-order valence-electron chi connectivity index (χ1n) is 8.06. The summed E-state index contributed by atoms with van der Waals surface area (Å²) >= 11 is 1.45. The van der Waals surface area contributed by atoms with Gasteiger partial charge >= 0.3 is 0 Å². The Morgan fingerprint density at radius 3 is 2.70 bits per heavy atom. The molecule has 0 amide bonds. The summed E-state index contributed by atoms with van der Waals surface area (Å²) in [6.45, 7) is 2.01. The standard InChI is InChI=1S/C15H27FN2O4S/c1-9(21-8-6-4-5-7-16)13-12(20)11(19)10-14(22-13)23-15(17-10)18(2)3/h9-14,19-20H,4-8H2,1-3H3/t9-,10-,11-,12+,13-,14-/m1/s1. The molecule has 0 unspecified atom stereocenters. The third-order valence-corrected chi connectivity index (χ3v) is 5.40. The molecule has 23 heavy (non-hydrogen) atoms. The molecule has 2 N–H and O–H groups in total. The highest BCUT2D eigenvalue weighted by molar-refractivity contribution is 8.14. The van der Waals surface area contributed by atoms with Crippen molar-refractivity contribution in [1.82, 2.24) is 4.90 Å². The van der Waals surface area contributed by atoms with Crippen molar-refractivity contribution in [1.29, 1.82) is 0 Å². The molecule has 0 saturated carbocycles. The van der Waals surface area contributed by atoms with Gasteiger partial charge in [0.1, 0.15) is 29.8 Å². The van der Waals surface area contributed by atoms with Gasteiger partial charge in [0.15, 0.2) is 5.17 Å². The van der Waals surface area contributed by atoms with E-state index in [4.69, 9.17) is 9.47 Å². The van der Waals surface area contributed by atoms with Gasteiger partial charge in [0, 0.05) is 20.7 Å². The zero-order valence-electron chi connectivity index (χ0n) is 13.9. The number of unbranched alkanes of at least 4 members (excludes halogenated alkanes) is 2. The number of aliphatic hydroxyl groups excluding tert-OH is 2. The van der Waals surface area contributed by atoms with E-state index >= 15 is 0 Å². The number of amidine groups is 1. The highest BCUT2D eigenvalue weighted by Crippen LogP contribution is 2.38. The number of alkyl halides is 1. The molecular weight excluding hydrogens is 323 g/mol. The predicted octanol–water partition coefficient (Wildman–Crippen LogP) is 1.01. The van der Waals surface area contributed by atoms with Crippen molar-refractivity contribution in [2.75, 3.05) is 27.4 Å². The molecule has 0 bridgehead atoms. The van der Waals surface area contributed by atoms with Crippen molar-refractivity contribution in [2.45, 2.75) is 62.1 Å². The molecule has 0 spiro atoms. The largest absolute Gasteiger partial charge is 0.388 e. The maximum absolute atomic E-state index is 12.0. The molecule has 0 aliphatic carbocycles. The minimum absolute atomic E-state index is 0.305. The zero-order valence-corrected chi connectivity index (χ0v) is 14.7. The van der Waals surface area contributed by atoms with E-state index in [1.165, 1.54) is 11.8 Å². The molecule has 6 nitrogen and oxygen atoms in total. The molecule has 1 fully saturated rings. The van der Waals surface area contributed by atoms with Gasteiger partial charge in [0.2, 0.25) is 0 Å². The monoisotopic (exact) mass is 350 g/mol. The average molecular weight is 350 g/mol. The Hall–Kier alpha value is -0.410. The van der Waals surface area contributed by atoms with Crippen LogP contribution in [0.1, 0.15) is 26.2 Å². The first kappa shape index (κ1) is 18.9. The van der Waals surface area contributed by atoms with Crippen LogP contribution >= 0.6 is 11.8 Å². The van der Waals surface area contributed by atoms with Crippen LogP contribution in [-0.4, -0.2) is 83.6 Å². The number of thioether (sulfide) groups is 1. The van der Waals surface area contributed by atoms with E-state index < -0.39 is 24.4 Å². The summed E-state index contributed by atoms with van der Waals surface area (Å²) in [5, 5.41) is 21.4. The van der Waals surface area contributed by atoms with Crippen molar-refractivity contribution >= 4 is 16.9 Å². The first-order chi connectivity index (χ1) is 11.0. The molecule has 2 aliphatic rings. The zero-order chi connectivity index (χ0) is 17.0. The Bertz CT molecular complexity index is 413. The lowest BCUT2D eigenvalue weighted by Crippen LogP contribution is -2.58. The van der Waals surface area contributed by atoms with Gasteiger partial charge < -0.3 is 24.6 Å². The van der Waals surface area contributed by atoms with Crippen LogP contribution in [0.5, 0.6) is 0 Å². The Kier molecular flexibility index (Phi) is 7.09. The molecule has 8 heteroatoms. The maximum atomic E-state index is 12.0. The van der Waals surface area contributed by atoms with Gasteiger partial charge in [0.05, 0.1) is 12.8 Å². The third-order valence-electron chi connectivity index (χ3n) is 4.09. The SMILES string of the molecule is C[C@@H](OCCCCCF)[C@H]1O[C@@H]2SC(N(C)C)=N[C@@H]2[C@@H](O)[C@@H]1O. The Morgan fingerprint density at radius 2 is 2.04 bits per heavy atom. The fourth-order valence-electron chi connectivity index (χ4n) is 2.72. The molecule has 1 saturated heterocycles. The molecule has 2 rings (SSSR count). The fourth-order valence-corrected chi connectivity index (χ4v) is 3.86. The van der Waals surface area contributed by atoms with Crippen LogP contribution in [0.4, 0.5) is 4.39 Å². The molecule has 2 heterocycles. The van der Waals surface area contributed by atoms with Crippen molar-refractivity contribution in [3.8, 4) is 0 Å². The van der Waals surface area contributed by atoms with Crippen LogP contribution < -0.4 is 0 Å². The lowest BCUT2D eigenvalue weighted by molar-refractivity contribution is -0.191. The normalized spacial score (nSPS) is 34.9. The highest BCUT2D eigenvalue weighted by Gasteiger charge is 2.50. The van der Waals surface area contributed by atoms with Gasteiger partial charge in [-0.2, -0.15) is 0 Å². The quantitative estimate of drug-likeness (QED) is 0.668. The van der Waals surface area contributed by atoms with E-state index in [9.17, 15) is 14.6 Å². The number of fused-ring (bicyclic) bond motifs is 1. The molecule has 0 aromatic heterocycles. The molecular formula is C15H27FN2O4S. The van der Waals surface area contributed by atoms with E-state index in [-0.39, 0.29) is 18.2 Å². The summed E-state index contributed by atoms with van der Waals surface area (Å²) in [5.41, 5.74) is -0.312. The molecule has 6 atom stereocenters. The van der Waals surface area contributed by atoms with E-state index in [2.05, 4.69) is 4.99 Å². The number of rotatable bonds is 7. The number of aliphatic imine (C=N–C) groups is 1. The molecule has 0 aromatic rings. The van der Waals surface area contributed by atoms with E-state index in [1.807, 2.05) is 25.9 Å². The van der Waals surface area contributed by atoms with E-state index in [0.29, 0.717) is 13.0 Å². The summed E-state index contributed by atoms with van der Waals surface area (Å²) in [6.07, 6.45) is -0.866. The number of ether oxygens (including phenoxy) is 2. The number of hydrogen-bond acceptors (Lipinski definition) is 7. The summed E-state index contributed by atoms with van der Waals surface area (Å²) in [7, 11) is 3.76. The second-order valence-electron chi connectivity index (χ2n) is 6.19. The maximum Gasteiger partial charge on any atom is 0.161 e. The molecule has 0 radical (unpaired) electrons. The van der Waals surface area contributed by atoms with E-state index in [1.54, 1.807) is 0 Å². The van der Waals surface area contributed by atoms with Gasteiger partial charge in [-0.05, 0) is 26.2 Å². The second-order valence-corrected chi connectivity index (χ2v) is 7.26. The topological polar surface area (TPSA) is 74.5 Å². The van der Waals surface area contributed by atoms with Crippen LogP contribution in [-0.2, 0) is 9.47 Å².